The van der Waals surface area contributed by atoms with E-state index in [1.54, 1.807) is 17.0 Å². The van der Waals surface area contributed by atoms with Crippen molar-refractivity contribution in [3.05, 3.63) is 29.3 Å². The molecule has 5 heteroatoms. The molecule has 0 spiro atoms. The van der Waals surface area contributed by atoms with Crippen molar-refractivity contribution < 1.29 is 14.3 Å². The van der Waals surface area contributed by atoms with Crippen LogP contribution in [0.5, 0.6) is 5.75 Å². The average Bonchev–Trinajstić information content (AvgIpc) is 2.27. The van der Waals surface area contributed by atoms with Gasteiger partial charge < -0.3 is 14.4 Å². The van der Waals surface area contributed by atoms with E-state index in [2.05, 4.69) is 0 Å². The molecule has 1 aliphatic heterocycles. The Morgan fingerprint density at radius 2 is 1.86 bits per heavy atom. The first-order valence-corrected chi connectivity index (χ1v) is 7.52. The van der Waals surface area contributed by atoms with Crippen LogP contribution in [0.4, 0.5) is 4.79 Å². The van der Waals surface area contributed by atoms with Gasteiger partial charge in [-0.3, -0.25) is 0 Å². The lowest BCUT2D eigenvalue weighted by Crippen LogP contribution is -2.55. The summed E-state index contributed by atoms with van der Waals surface area (Å²) in [6.07, 6.45) is -0.206. The van der Waals surface area contributed by atoms with Crippen LogP contribution < -0.4 is 4.74 Å². The van der Waals surface area contributed by atoms with Crippen molar-refractivity contribution in [3.8, 4) is 5.75 Å². The molecule has 0 unspecified atom stereocenters. The third-order valence-electron chi connectivity index (χ3n) is 3.36. The van der Waals surface area contributed by atoms with E-state index in [1.807, 2.05) is 39.8 Å². The van der Waals surface area contributed by atoms with E-state index in [0.717, 1.165) is 5.75 Å². The smallest absolute Gasteiger partial charge is 0.410 e. The molecule has 1 saturated heterocycles. The SMILES string of the molecule is C[C@@H](Oc1ccc(Cl)cc1)C1CN(C(=O)OC(C)(C)C)C1. The number of likely N-dealkylation sites (tertiary alicyclic amines) is 1. The van der Waals surface area contributed by atoms with Crippen LogP contribution in [0.25, 0.3) is 0 Å². The fraction of sp³-hybridized carbons (Fsp3) is 0.562. The number of rotatable bonds is 3. The number of carbonyl (C=O) groups excluding carboxylic acids is 1. The maximum Gasteiger partial charge on any atom is 0.410 e. The van der Waals surface area contributed by atoms with E-state index in [-0.39, 0.29) is 12.2 Å². The van der Waals surface area contributed by atoms with E-state index in [4.69, 9.17) is 21.1 Å². The number of carbonyl (C=O) groups is 1. The first-order valence-electron chi connectivity index (χ1n) is 7.15. The van der Waals surface area contributed by atoms with Gasteiger partial charge >= 0.3 is 6.09 Å². The van der Waals surface area contributed by atoms with Crippen LogP contribution in [0.2, 0.25) is 5.02 Å². The topological polar surface area (TPSA) is 38.8 Å². The van der Waals surface area contributed by atoms with Crippen LogP contribution in [0.3, 0.4) is 0 Å². The summed E-state index contributed by atoms with van der Waals surface area (Å²) in [4.78, 5) is 13.6. The highest BCUT2D eigenvalue weighted by molar-refractivity contribution is 6.30. The van der Waals surface area contributed by atoms with Gasteiger partial charge in [0.05, 0.1) is 0 Å². The Labute approximate surface area is 131 Å². The molecule has 0 bridgehead atoms. The summed E-state index contributed by atoms with van der Waals surface area (Å²) in [5, 5.41) is 0.690. The van der Waals surface area contributed by atoms with E-state index >= 15 is 0 Å². The number of ether oxygens (including phenoxy) is 2. The monoisotopic (exact) mass is 311 g/mol. The molecule has 1 fully saturated rings. The zero-order valence-corrected chi connectivity index (χ0v) is 13.7. The summed E-state index contributed by atoms with van der Waals surface area (Å²) >= 11 is 5.84. The lowest BCUT2D eigenvalue weighted by molar-refractivity contribution is -0.0212. The Hall–Kier alpha value is -1.42. The molecule has 0 N–H and O–H groups in total. The molecule has 1 heterocycles. The maximum atomic E-state index is 11.9. The molecular weight excluding hydrogens is 290 g/mol. The molecule has 1 atom stereocenters. The van der Waals surface area contributed by atoms with Crippen molar-refractivity contribution in [2.75, 3.05) is 13.1 Å². The zero-order valence-electron chi connectivity index (χ0n) is 12.9. The van der Waals surface area contributed by atoms with Crippen LogP contribution >= 0.6 is 11.6 Å². The largest absolute Gasteiger partial charge is 0.490 e. The van der Waals surface area contributed by atoms with Gasteiger partial charge in [0.15, 0.2) is 0 Å². The predicted octanol–water partition coefficient (Wildman–Crippen LogP) is 3.97. The summed E-state index contributed by atoms with van der Waals surface area (Å²) in [6.45, 7) is 8.97. The van der Waals surface area contributed by atoms with Crippen molar-refractivity contribution >= 4 is 17.7 Å². The number of benzene rings is 1. The predicted molar refractivity (Wildman–Crippen MR) is 82.8 cm³/mol. The van der Waals surface area contributed by atoms with Crippen LogP contribution in [-0.4, -0.2) is 35.8 Å². The van der Waals surface area contributed by atoms with Gasteiger partial charge in [0.25, 0.3) is 0 Å². The summed E-state index contributed by atoms with van der Waals surface area (Å²) in [7, 11) is 0. The van der Waals surface area contributed by atoms with Crippen LogP contribution in [-0.2, 0) is 4.74 Å². The second-order valence-corrected chi connectivity index (χ2v) is 6.86. The molecule has 1 aliphatic rings. The fourth-order valence-corrected chi connectivity index (χ4v) is 2.24. The van der Waals surface area contributed by atoms with Crippen LogP contribution in [0.1, 0.15) is 27.7 Å². The third-order valence-corrected chi connectivity index (χ3v) is 3.61. The van der Waals surface area contributed by atoms with Gasteiger partial charge in [-0.15, -0.1) is 0 Å². The highest BCUT2D eigenvalue weighted by Crippen LogP contribution is 2.25. The minimum absolute atomic E-state index is 0.0462. The molecule has 0 radical (unpaired) electrons. The molecular formula is C16H22ClNO3. The van der Waals surface area contributed by atoms with E-state index < -0.39 is 5.60 Å². The number of amides is 1. The van der Waals surface area contributed by atoms with Crippen molar-refractivity contribution in [1.82, 2.24) is 4.90 Å². The van der Waals surface area contributed by atoms with Gasteiger partial charge in [-0.05, 0) is 52.0 Å². The van der Waals surface area contributed by atoms with Crippen LogP contribution in [0.15, 0.2) is 24.3 Å². The summed E-state index contributed by atoms with van der Waals surface area (Å²) in [6, 6.07) is 7.31. The Bertz CT molecular complexity index is 489. The summed E-state index contributed by atoms with van der Waals surface area (Å²) in [5.41, 5.74) is -0.451. The second kappa shape index (κ2) is 6.14. The highest BCUT2D eigenvalue weighted by atomic mass is 35.5. The molecule has 0 aliphatic carbocycles. The third kappa shape index (κ3) is 4.53. The molecule has 21 heavy (non-hydrogen) atoms. The van der Waals surface area contributed by atoms with Gasteiger partial charge in [-0.25, -0.2) is 4.79 Å². The summed E-state index contributed by atoms with van der Waals surface area (Å²) in [5.74, 6) is 1.12. The Kier molecular flexibility index (Phi) is 4.67. The number of halogens is 1. The minimum atomic E-state index is -0.451. The molecule has 1 amide bonds. The second-order valence-electron chi connectivity index (χ2n) is 6.42. The molecule has 0 saturated carbocycles. The number of nitrogens with zero attached hydrogens (tertiary/aromatic N) is 1. The molecule has 4 nitrogen and oxygen atoms in total. The molecule has 0 aromatic heterocycles. The summed E-state index contributed by atoms with van der Waals surface area (Å²) < 4.78 is 11.2. The standard InChI is InChI=1S/C16H22ClNO3/c1-11(20-14-7-5-13(17)6-8-14)12-9-18(10-12)15(19)21-16(2,3)4/h5-8,11-12H,9-10H2,1-4H3/t11-/m1/s1. The number of hydrogen-bond donors (Lipinski definition) is 0. The van der Waals surface area contributed by atoms with Gasteiger partial charge in [0.2, 0.25) is 0 Å². The lowest BCUT2D eigenvalue weighted by Gasteiger charge is -2.42. The highest BCUT2D eigenvalue weighted by Gasteiger charge is 2.37. The maximum absolute atomic E-state index is 11.9. The average molecular weight is 312 g/mol. The normalized spacial score (nSPS) is 17.1. The minimum Gasteiger partial charge on any atom is -0.490 e. The Morgan fingerprint density at radius 1 is 1.29 bits per heavy atom. The van der Waals surface area contributed by atoms with Crippen molar-refractivity contribution in [2.45, 2.75) is 39.4 Å². The van der Waals surface area contributed by atoms with Crippen molar-refractivity contribution in [2.24, 2.45) is 5.92 Å². The molecule has 1 aromatic carbocycles. The quantitative estimate of drug-likeness (QED) is 0.847. The Morgan fingerprint density at radius 3 is 2.38 bits per heavy atom. The lowest BCUT2D eigenvalue weighted by atomic mass is 9.95. The fourth-order valence-electron chi connectivity index (χ4n) is 2.11. The first kappa shape index (κ1) is 16.0. The van der Waals surface area contributed by atoms with E-state index in [1.165, 1.54) is 0 Å². The molecule has 2 rings (SSSR count). The van der Waals surface area contributed by atoms with Gasteiger partial charge in [-0.2, -0.15) is 0 Å². The van der Waals surface area contributed by atoms with Crippen molar-refractivity contribution in [1.29, 1.82) is 0 Å². The number of hydrogen-bond acceptors (Lipinski definition) is 3. The zero-order chi connectivity index (χ0) is 15.6. The van der Waals surface area contributed by atoms with Gasteiger partial charge in [0, 0.05) is 24.0 Å². The molecule has 116 valence electrons. The molecule has 1 aromatic rings. The van der Waals surface area contributed by atoms with Gasteiger partial charge in [-0.1, -0.05) is 11.6 Å². The van der Waals surface area contributed by atoms with E-state index in [9.17, 15) is 4.79 Å². The van der Waals surface area contributed by atoms with E-state index in [0.29, 0.717) is 24.0 Å². The first-order chi connectivity index (χ1) is 9.74. The van der Waals surface area contributed by atoms with Crippen LogP contribution in [0, 0.1) is 5.92 Å². The van der Waals surface area contributed by atoms with Crippen molar-refractivity contribution in [3.63, 3.8) is 0 Å². The Balaban J connectivity index is 1.78. The van der Waals surface area contributed by atoms with Gasteiger partial charge in [0.1, 0.15) is 17.5 Å².